The molecule has 2 aromatic heterocycles. The summed E-state index contributed by atoms with van der Waals surface area (Å²) in [5, 5.41) is 6.48. The van der Waals surface area contributed by atoms with Crippen molar-refractivity contribution in [2.45, 2.75) is 13.8 Å². The van der Waals surface area contributed by atoms with Gasteiger partial charge >= 0.3 is 0 Å². The summed E-state index contributed by atoms with van der Waals surface area (Å²) >= 11 is 0. The number of hydrogen-bond acceptors (Lipinski definition) is 7. The van der Waals surface area contributed by atoms with E-state index in [-0.39, 0.29) is 5.56 Å². The fourth-order valence-electron chi connectivity index (χ4n) is 2.89. The third-order valence-corrected chi connectivity index (χ3v) is 5.58. The van der Waals surface area contributed by atoms with Crippen LogP contribution in [0, 0.1) is 13.8 Å². The van der Waals surface area contributed by atoms with E-state index in [4.69, 9.17) is 4.84 Å². The number of carbonyl (C=O) groups is 1. The highest BCUT2D eigenvalue weighted by atomic mass is 32.2. The molecule has 1 unspecified atom stereocenters. The topological polar surface area (TPSA) is 108 Å². The third-order valence-electron chi connectivity index (χ3n) is 4.63. The zero-order valence-electron chi connectivity index (χ0n) is 18.6. The first-order valence-corrected chi connectivity index (χ1v) is 11.3. The second-order valence-electron chi connectivity index (χ2n) is 7.11. The standard InChI is InChI=1S/C22H26N6O3S/c1-14-6-9-16(10-7-14)25-20-12-19(17(13-23-20)22(29)27-31-4)26-18-11-8-15(2)24-21(18)28(3)32(5)30/h6-13H,1-5H3,(H,27,29)(H2,23,25,26). The van der Waals surface area contributed by atoms with Gasteiger partial charge < -0.3 is 10.6 Å². The Morgan fingerprint density at radius 1 is 1.06 bits per heavy atom. The van der Waals surface area contributed by atoms with E-state index in [1.807, 2.05) is 50.2 Å². The molecule has 0 aliphatic carbocycles. The number of carbonyl (C=O) groups excluding carboxylic acids is 1. The average molecular weight is 455 g/mol. The number of nitrogens with zero attached hydrogens (tertiary/aromatic N) is 3. The van der Waals surface area contributed by atoms with Gasteiger partial charge in [0.1, 0.15) is 16.8 Å². The number of hydroxylamine groups is 1. The number of anilines is 5. The highest BCUT2D eigenvalue weighted by molar-refractivity contribution is 7.85. The quantitative estimate of drug-likeness (QED) is 0.446. The Kier molecular flexibility index (Phi) is 7.39. The molecule has 0 aliphatic heterocycles. The Morgan fingerprint density at radius 2 is 1.78 bits per heavy atom. The van der Waals surface area contributed by atoms with E-state index >= 15 is 0 Å². The van der Waals surface area contributed by atoms with Crippen molar-refractivity contribution in [1.82, 2.24) is 15.4 Å². The number of benzene rings is 1. The molecule has 32 heavy (non-hydrogen) atoms. The van der Waals surface area contributed by atoms with Crippen molar-refractivity contribution in [2.75, 3.05) is 35.4 Å². The van der Waals surface area contributed by atoms with Gasteiger partial charge in [-0.15, -0.1) is 0 Å². The van der Waals surface area contributed by atoms with E-state index in [1.54, 1.807) is 23.7 Å². The van der Waals surface area contributed by atoms with Gasteiger partial charge in [0.05, 0.1) is 24.0 Å². The maximum Gasteiger partial charge on any atom is 0.278 e. The van der Waals surface area contributed by atoms with Gasteiger partial charge in [-0.3, -0.25) is 13.9 Å². The van der Waals surface area contributed by atoms with E-state index < -0.39 is 16.9 Å². The van der Waals surface area contributed by atoms with E-state index in [0.29, 0.717) is 23.0 Å². The molecule has 0 radical (unpaired) electrons. The van der Waals surface area contributed by atoms with Crippen LogP contribution in [0.1, 0.15) is 21.6 Å². The van der Waals surface area contributed by atoms with Crippen molar-refractivity contribution in [3.8, 4) is 0 Å². The van der Waals surface area contributed by atoms with Gasteiger partial charge in [-0.25, -0.2) is 19.7 Å². The fourth-order valence-corrected chi connectivity index (χ4v) is 3.27. The van der Waals surface area contributed by atoms with Crippen LogP contribution in [0.4, 0.5) is 28.7 Å². The largest absolute Gasteiger partial charge is 0.352 e. The van der Waals surface area contributed by atoms with Crippen LogP contribution in [0.25, 0.3) is 0 Å². The maximum absolute atomic E-state index is 12.5. The molecule has 2 heterocycles. The van der Waals surface area contributed by atoms with Crippen LogP contribution in [0.2, 0.25) is 0 Å². The second-order valence-corrected chi connectivity index (χ2v) is 8.51. The Hall–Kier alpha value is -3.50. The van der Waals surface area contributed by atoms with Crippen LogP contribution in [0.3, 0.4) is 0 Å². The number of nitrogens with one attached hydrogen (secondary N) is 3. The SMILES string of the molecule is CONC(=O)c1cnc(Nc2ccc(C)cc2)cc1Nc1ccc(C)nc1N(C)S(C)=O. The average Bonchev–Trinajstić information content (AvgIpc) is 2.76. The molecule has 1 amide bonds. The normalized spacial score (nSPS) is 11.5. The first-order valence-electron chi connectivity index (χ1n) is 9.77. The number of hydrogen-bond donors (Lipinski definition) is 3. The first kappa shape index (κ1) is 23.2. The van der Waals surface area contributed by atoms with Crippen molar-refractivity contribution in [1.29, 1.82) is 0 Å². The summed E-state index contributed by atoms with van der Waals surface area (Å²) in [5.74, 6) is 0.576. The van der Waals surface area contributed by atoms with E-state index in [0.717, 1.165) is 16.9 Å². The van der Waals surface area contributed by atoms with Crippen LogP contribution in [-0.2, 0) is 15.8 Å². The fraction of sp³-hybridized carbons (Fsp3) is 0.227. The number of aryl methyl sites for hydroxylation is 2. The summed E-state index contributed by atoms with van der Waals surface area (Å²) in [6, 6.07) is 13.3. The minimum Gasteiger partial charge on any atom is -0.352 e. The molecule has 0 spiro atoms. The smallest absolute Gasteiger partial charge is 0.278 e. The van der Waals surface area contributed by atoms with Crippen LogP contribution >= 0.6 is 0 Å². The van der Waals surface area contributed by atoms with Crippen molar-refractivity contribution in [3.05, 3.63) is 65.5 Å². The summed E-state index contributed by atoms with van der Waals surface area (Å²) in [4.78, 5) is 26.2. The first-order chi connectivity index (χ1) is 15.3. The Bertz CT molecular complexity index is 1140. The van der Waals surface area contributed by atoms with Gasteiger partial charge in [-0.2, -0.15) is 0 Å². The summed E-state index contributed by atoms with van der Waals surface area (Å²) in [5.41, 5.74) is 6.44. The summed E-state index contributed by atoms with van der Waals surface area (Å²) < 4.78 is 13.6. The Morgan fingerprint density at radius 3 is 2.44 bits per heavy atom. The lowest BCUT2D eigenvalue weighted by Gasteiger charge is -2.21. The number of rotatable bonds is 8. The summed E-state index contributed by atoms with van der Waals surface area (Å²) in [6.07, 6.45) is 3.03. The molecule has 0 bridgehead atoms. The van der Waals surface area contributed by atoms with Crippen molar-refractivity contribution < 1.29 is 13.8 Å². The van der Waals surface area contributed by atoms with Crippen LogP contribution in [-0.4, -0.2) is 40.5 Å². The minimum atomic E-state index is -1.28. The molecule has 9 nitrogen and oxygen atoms in total. The number of pyridine rings is 2. The molecule has 1 aromatic carbocycles. The molecule has 168 valence electrons. The summed E-state index contributed by atoms with van der Waals surface area (Å²) in [7, 11) is 1.77. The maximum atomic E-state index is 12.5. The molecular formula is C22H26N6O3S. The molecule has 0 saturated heterocycles. The molecular weight excluding hydrogens is 428 g/mol. The molecule has 10 heteroatoms. The van der Waals surface area contributed by atoms with Crippen LogP contribution < -0.4 is 20.4 Å². The lowest BCUT2D eigenvalue weighted by molar-refractivity contribution is 0.0538. The van der Waals surface area contributed by atoms with Gasteiger partial charge in [0.25, 0.3) is 5.91 Å². The third kappa shape index (κ3) is 5.59. The van der Waals surface area contributed by atoms with E-state index in [9.17, 15) is 9.00 Å². The van der Waals surface area contributed by atoms with Crippen molar-refractivity contribution in [2.24, 2.45) is 0 Å². The predicted octanol–water partition coefficient (Wildman–Crippen LogP) is 3.60. The molecule has 3 N–H and O–H groups in total. The molecule has 0 saturated carbocycles. The molecule has 1 atom stereocenters. The Labute approximate surface area is 189 Å². The molecule has 0 aliphatic rings. The highest BCUT2D eigenvalue weighted by Gasteiger charge is 2.18. The monoisotopic (exact) mass is 454 g/mol. The van der Waals surface area contributed by atoms with Gasteiger partial charge in [0.2, 0.25) is 0 Å². The zero-order valence-corrected chi connectivity index (χ0v) is 19.4. The van der Waals surface area contributed by atoms with Crippen molar-refractivity contribution >= 4 is 45.6 Å². The Balaban J connectivity index is 2.02. The van der Waals surface area contributed by atoms with E-state index in [1.165, 1.54) is 13.3 Å². The molecule has 0 fully saturated rings. The summed E-state index contributed by atoms with van der Waals surface area (Å²) in [6.45, 7) is 3.87. The van der Waals surface area contributed by atoms with Crippen LogP contribution in [0.5, 0.6) is 0 Å². The van der Waals surface area contributed by atoms with Crippen LogP contribution in [0.15, 0.2) is 48.7 Å². The van der Waals surface area contributed by atoms with Gasteiger partial charge in [0, 0.05) is 36.9 Å². The van der Waals surface area contributed by atoms with Crippen molar-refractivity contribution in [3.63, 3.8) is 0 Å². The van der Waals surface area contributed by atoms with Gasteiger partial charge in [-0.05, 0) is 38.1 Å². The number of aromatic nitrogens is 2. The zero-order chi connectivity index (χ0) is 23.3. The predicted molar refractivity (Wildman–Crippen MR) is 128 cm³/mol. The highest BCUT2D eigenvalue weighted by Crippen LogP contribution is 2.30. The van der Waals surface area contributed by atoms with Gasteiger partial charge in [-0.1, -0.05) is 17.7 Å². The molecule has 3 aromatic rings. The lowest BCUT2D eigenvalue weighted by atomic mass is 10.2. The second kappa shape index (κ2) is 10.2. The number of amides is 1. The molecule has 3 rings (SSSR count). The van der Waals surface area contributed by atoms with Gasteiger partial charge in [0.15, 0.2) is 5.82 Å². The lowest BCUT2D eigenvalue weighted by Crippen LogP contribution is -2.24. The minimum absolute atomic E-state index is 0.271. The van der Waals surface area contributed by atoms with E-state index in [2.05, 4.69) is 26.1 Å².